The lowest BCUT2D eigenvalue weighted by Crippen LogP contribution is -1.96. The topological polar surface area (TPSA) is 35.1 Å². The van der Waals surface area contributed by atoms with E-state index >= 15 is 0 Å². The van der Waals surface area contributed by atoms with Crippen molar-refractivity contribution in [2.75, 3.05) is 0 Å². The summed E-state index contributed by atoms with van der Waals surface area (Å²) in [5.74, 6) is 0.858. The van der Waals surface area contributed by atoms with Gasteiger partial charge in [0.15, 0.2) is 11.5 Å². The minimum absolute atomic E-state index is 0.858. The minimum atomic E-state index is 0.858. The van der Waals surface area contributed by atoms with Crippen LogP contribution in [-0.4, -0.2) is 19.2 Å². The molecular formula is C40H36N4. The molecule has 8 rings (SSSR count). The lowest BCUT2D eigenvalue weighted by molar-refractivity contribution is 0.795. The fourth-order valence-electron chi connectivity index (χ4n) is 6.91. The number of aromatic nitrogens is 4. The largest absolute Gasteiger partial charge is 0.309 e. The van der Waals surface area contributed by atoms with E-state index in [1.165, 1.54) is 69.4 Å². The zero-order valence-corrected chi connectivity index (χ0v) is 25.4. The maximum absolute atomic E-state index is 4.73. The molecule has 0 bridgehead atoms. The van der Waals surface area contributed by atoms with Gasteiger partial charge in [-0.15, -0.1) is 10.2 Å². The van der Waals surface area contributed by atoms with E-state index in [9.17, 15) is 0 Å². The van der Waals surface area contributed by atoms with E-state index in [0.29, 0.717) is 0 Å². The van der Waals surface area contributed by atoms with Gasteiger partial charge in [0, 0.05) is 32.8 Å². The van der Waals surface area contributed by atoms with Crippen LogP contribution in [0.4, 0.5) is 0 Å². The van der Waals surface area contributed by atoms with Crippen LogP contribution in [0, 0.1) is 0 Å². The van der Waals surface area contributed by atoms with E-state index in [1.807, 2.05) is 0 Å². The molecule has 0 fully saturated rings. The molecule has 0 saturated heterocycles. The summed E-state index contributed by atoms with van der Waals surface area (Å²) in [7, 11) is 0. The van der Waals surface area contributed by atoms with Crippen molar-refractivity contribution in [1.29, 1.82) is 0 Å². The number of fused-ring (bicyclic) bond motifs is 9. The molecule has 0 N–H and O–H groups in total. The fraction of sp³-hybridized carbons (Fsp3) is 0.200. The summed E-state index contributed by atoms with van der Waals surface area (Å²) in [6, 6.07) is 40.0. The normalized spacial score (nSPS) is 12.0. The Morgan fingerprint density at radius 2 is 1.11 bits per heavy atom. The number of aryl methyl sites for hydroxylation is 2. The zero-order chi connectivity index (χ0) is 29.6. The molecule has 44 heavy (non-hydrogen) atoms. The molecule has 0 unspecified atom stereocenters. The summed E-state index contributed by atoms with van der Waals surface area (Å²) in [4.78, 5) is 0. The summed E-state index contributed by atoms with van der Waals surface area (Å²) < 4.78 is 4.63. The van der Waals surface area contributed by atoms with E-state index in [4.69, 9.17) is 10.2 Å². The Hall–Kier alpha value is -4.96. The van der Waals surface area contributed by atoms with Gasteiger partial charge < -0.3 is 4.57 Å². The smallest absolute Gasteiger partial charge is 0.169 e. The van der Waals surface area contributed by atoms with Crippen LogP contribution in [0.25, 0.3) is 66.2 Å². The van der Waals surface area contributed by atoms with Crippen molar-refractivity contribution in [3.05, 3.63) is 120 Å². The third-order valence-corrected chi connectivity index (χ3v) is 9.18. The summed E-state index contributed by atoms with van der Waals surface area (Å²) in [6.07, 6.45) is 7.10. The quantitative estimate of drug-likeness (QED) is 0.170. The van der Waals surface area contributed by atoms with E-state index in [-0.39, 0.29) is 0 Å². The molecule has 0 aliphatic carbocycles. The van der Waals surface area contributed by atoms with Crippen molar-refractivity contribution in [2.24, 2.45) is 0 Å². The highest BCUT2D eigenvalue weighted by Gasteiger charge is 2.17. The standard InChI is InChI=1S/C40H36N4/c1-3-5-11-27-17-23-37-34(25-27)35-26-28(12-6-4-2)18-24-38(35)43(37)30-21-19-29(20-22-30)39-41-42-40-33-15-8-7-13-31(33)32-14-9-10-16-36(32)44(39)40/h7-10,13-26H,3-6,11-12H2,1-2H3. The van der Waals surface area contributed by atoms with Gasteiger partial charge in [-0.05, 0) is 96.8 Å². The van der Waals surface area contributed by atoms with Gasteiger partial charge in [0.1, 0.15) is 0 Å². The van der Waals surface area contributed by atoms with Crippen LogP contribution in [0.1, 0.15) is 50.7 Å². The number of nitrogens with zero attached hydrogens (tertiary/aromatic N) is 4. The molecular weight excluding hydrogens is 536 g/mol. The molecule has 0 atom stereocenters. The lowest BCUT2D eigenvalue weighted by Gasteiger charge is -2.11. The van der Waals surface area contributed by atoms with Crippen molar-refractivity contribution >= 4 is 49.1 Å². The monoisotopic (exact) mass is 572 g/mol. The highest BCUT2D eigenvalue weighted by molar-refractivity contribution is 6.12. The SMILES string of the molecule is CCCCc1ccc2c(c1)c1cc(CCCC)ccc1n2-c1ccc(-c2nnc3c4ccccc4c4ccccc4n23)cc1. The first-order valence-corrected chi connectivity index (χ1v) is 16.1. The molecule has 3 heterocycles. The first kappa shape index (κ1) is 26.7. The Kier molecular flexibility index (Phi) is 6.63. The van der Waals surface area contributed by atoms with Gasteiger partial charge in [0.05, 0.1) is 16.6 Å². The molecule has 3 aromatic heterocycles. The van der Waals surface area contributed by atoms with E-state index in [0.717, 1.165) is 46.5 Å². The van der Waals surface area contributed by atoms with Crippen molar-refractivity contribution in [1.82, 2.24) is 19.2 Å². The van der Waals surface area contributed by atoms with Crippen LogP contribution in [-0.2, 0) is 12.8 Å². The lowest BCUT2D eigenvalue weighted by atomic mass is 10.0. The predicted molar refractivity (Wildman–Crippen MR) is 185 cm³/mol. The second-order valence-corrected chi connectivity index (χ2v) is 12.0. The average molecular weight is 573 g/mol. The van der Waals surface area contributed by atoms with Crippen LogP contribution in [0.3, 0.4) is 0 Å². The second kappa shape index (κ2) is 10.9. The van der Waals surface area contributed by atoms with Gasteiger partial charge >= 0.3 is 0 Å². The molecule has 4 nitrogen and oxygen atoms in total. The molecule has 4 heteroatoms. The summed E-state index contributed by atoms with van der Waals surface area (Å²) in [5, 5.41) is 15.6. The zero-order valence-electron chi connectivity index (χ0n) is 25.4. The molecule has 0 aliphatic heterocycles. The van der Waals surface area contributed by atoms with Crippen molar-refractivity contribution in [3.63, 3.8) is 0 Å². The average Bonchev–Trinajstić information content (AvgIpc) is 3.66. The Labute approximate surface area is 257 Å². The number of hydrogen-bond acceptors (Lipinski definition) is 2. The highest BCUT2D eigenvalue weighted by atomic mass is 15.2. The number of unbranched alkanes of at least 4 members (excludes halogenated alkanes) is 2. The van der Waals surface area contributed by atoms with Crippen LogP contribution < -0.4 is 0 Å². The van der Waals surface area contributed by atoms with Crippen molar-refractivity contribution in [2.45, 2.75) is 52.4 Å². The number of para-hydroxylation sites is 1. The third-order valence-electron chi connectivity index (χ3n) is 9.18. The molecule has 0 spiro atoms. The maximum atomic E-state index is 4.73. The van der Waals surface area contributed by atoms with Gasteiger partial charge in [-0.3, -0.25) is 4.40 Å². The van der Waals surface area contributed by atoms with E-state index in [1.54, 1.807) is 0 Å². The van der Waals surface area contributed by atoms with Gasteiger partial charge in [-0.1, -0.05) is 81.3 Å². The van der Waals surface area contributed by atoms with Crippen LogP contribution in [0.5, 0.6) is 0 Å². The van der Waals surface area contributed by atoms with Crippen LogP contribution in [0.15, 0.2) is 109 Å². The first-order valence-electron chi connectivity index (χ1n) is 16.1. The van der Waals surface area contributed by atoms with E-state index in [2.05, 4.69) is 132 Å². The first-order chi connectivity index (χ1) is 21.7. The Bertz CT molecular complexity index is 2240. The van der Waals surface area contributed by atoms with Gasteiger partial charge in [-0.2, -0.15) is 0 Å². The molecule has 8 aromatic rings. The minimum Gasteiger partial charge on any atom is -0.309 e. The van der Waals surface area contributed by atoms with Crippen LogP contribution >= 0.6 is 0 Å². The molecule has 0 amide bonds. The summed E-state index contributed by atoms with van der Waals surface area (Å²) in [6.45, 7) is 4.53. The Balaban J connectivity index is 1.28. The summed E-state index contributed by atoms with van der Waals surface area (Å²) in [5.41, 5.74) is 9.56. The molecule has 5 aromatic carbocycles. The maximum Gasteiger partial charge on any atom is 0.169 e. The van der Waals surface area contributed by atoms with Crippen molar-refractivity contribution in [3.8, 4) is 17.1 Å². The van der Waals surface area contributed by atoms with Gasteiger partial charge in [-0.25, -0.2) is 0 Å². The number of hydrogen-bond donors (Lipinski definition) is 0. The summed E-state index contributed by atoms with van der Waals surface area (Å²) >= 11 is 0. The number of rotatable bonds is 8. The Morgan fingerprint density at radius 3 is 1.75 bits per heavy atom. The second-order valence-electron chi connectivity index (χ2n) is 12.0. The number of pyridine rings is 1. The Morgan fingerprint density at radius 1 is 0.523 bits per heavy atom. The fourth-order valence-corrected chi connectivity index (χ4v) is 6.91. The van der Waals surface area contributed by atoms with Gasteiger partial charge in [0.2, 0.25) is 0 Å². The predicted octanol–water partition coefficient (Wildman–Crippen LogP) is 10.5. The highest BCUT2D eigenvalue weighted by Crippen LogP contribution is 2.36. The number of benzene rings is 5. The molecule has 0 aliphatic rings. The molecule has 216 valence electrons. The third kappa shape index (κ3) is 4.28. The van der Waals surface area contributed by atoms with Crippen LogP contribution in [0.2, 0.25) is 0 Å². The van der Waals surface area contributed by atoms with Gasteiger partial charge in [0.25, 0.3) is 0 Å². The molecule has 0 saturated carbocycles. The molecule has 0 radical (unpaired) electrons. The van der Waals surface area contributed by atoms with E-state index < -0.39 is 0 Å². The van der Waals surface area contributed by atoms with Crippen molar-refractivity contribution < 1.29 is 0 Å².